The lowest BCUT2D eigenvalue weighted by Gasteiger charge is -2.37. The third kappa shape index (κ3) is 4.97. The predicted octanol–water partition coefficient (Wildman–Crippen LogP) is 1.70. The Hall–Kier alpha value is -3.31. The molecule has 0 saturated carbocycles. The normalized spacial score (nSPS) is 20.8. The van der Waals surface area contributed by atoms with Crippen LogP contribution in [0.25, 0.3) is 0 Å². The molecule has 0 bridgehead atoms. The van der Waals surface area contributed by atoms with Crippen molar-refractivity contribution in [2.45, 2.75) is 43.8 Å². The number of nitrogens with zero attached hydrogens (tertiary/aromatic N) is 3. The van der Waals surface area contributed by atoms with Gasteiger partial charge in [-0.1, -0.05) is 19.1 Å². The molecule has 3 aliphatic rings. The van der Waals surface area contributed by atoms with E-state index in [0.29, 0.717) is 48.9 Å². The molecule has 0 radical (unpaired) electrons. The maximum absolute atomic E-state index is 14.6. The highest BCUT2D eigenvalue weighted by atomic mass is 32.2. The van der Waals surface area contributed by atoms with E-state index < -0.39 is 33.5 Å². The molecule has 0 spiro atoms. The predicted molar refractivity (Wildman–Crippen MR) is 134 cm³/mol. The quantitative estimate of drug-likeness (QED) is 0.569. The van der Waals surface area contributed by atoms with E-state index >= 15 is 0 Å². The zero-order chi connectivity index (χ0) is 26.3. The minimum Gasteiger partial charge on any atom is -0.369 e. The van der Waals surface area contributed by atoms with Crippen LogP contribution in [0.3, 0.4) is 0 Å². The molecule has 11 heteroatoms. The molecule has 2 aromatic carbocycles. The van der Waals surface area contributed by atoms with Crippen molar-refractivity contribution in [3.63, 3.8) is 0 Å². The first-order valence-electron chi connectivity index (χ1n) is 12.4. The number of imide groups is 1. The summed E-state index contributed by atoms with van der Waals surface area (Å²) in [6.07, 6.45) is 0.420. The standard InChI is InChI=1S/C26H29FN4O5S/c1-2-37(35,36)19-5-3-17(4-6-19)15-29-9-11-30(12-10-29)23-14-18(27)13-20-21(23)16-31(26(20)34)22-7-8-24(32)28-25(22)33/h3-6,13-14,22H,2,7-12,15-16H2,1H3,(H,28,32,33). The molecule has 0 aromatic heterocycles. The Morgan fingerprint density at radius 3 is 2.38 bits per heavy atom. The Balaban J connectivity index is 1.27. The van der Waals surface area contributed by atoms with Crippen LogP contribution in [-0.4, -0.2) is 73.9 Å². The smallest absolute Gasteiger partial charge is 0.255 e. The van der Waals surface area contributed by atoms with Gasteiger partial charge in [0.05, 0.1) is 10.6 Å². The van der Waals surface area contributed by atoms with Crippen LogP contribution in [0.5, 0.6) is 0 Å². The maximum atomic E-state index is 14.6. The Morgan fingerprint density at radius 1 is 1.03 bits per heavy atom. The molecule has 3 amide bonds. The van der Waals surface area contributed by atoms with E-state index in [-0.39, 0.29) is 36.6 Å². The molecule has 196 valence electrons. The van der Waals surface area contributed by atoms with Crippen molar-refractivity contribution in [2.75, 3.05) is 36.8 Å². The lowest BCUT2D eigenvalue weighted by Crippen LogP contribution is -2.52. The van der Waals surface area contributed by atoms with Crippen LogP contribution in [0.2, 0.25) is 0 Å². The van der Waals surface area contributed by atoms with Crippen LogP contribution in [0.1, 0.15) is 41.3 Å². The van der Waals surface area contributed by atoms with Gasteiger partial charge in [0.25, 0.3) is 5.91 Å². The number of nitrogens with one attached hydrogen (secondary N) is 1. The van der Waals surface area contributed by atoms with Crippen LogP contribution in [0.4, 0.5) is 10.1 Å². The molecule has 2 saturated heterocycles. The van der Waals surface area contributed by atoms with Crippen LogP contribution < -0.4 is 10.2 Å². The fourth-order valence-corrected chi connectivity index (χ4v) is 6.15. The number of carbonyl (C=O) groups excluding carboxylic acids is 3. The number of halogens is 1. The highest BCUT2D eigenvalue weighted by Crippen LogP contribution is 2.35. The summed E-state index contributed by atoms with van der Waals surface area (Å²) in [6.45, 7) is 5.18. The molecule has 3 heterocycles. The van der Waals surface area contributed by atoms with Gasteiger partial charge in [0, 0.05) is 62.5 Å². The van der Waals surface area contributed by atoms with E-state index in [0.717, 1.165) is 5.56 Å². The molecule has 37 heavy (non-hydrogen) atoms. The average Bonchev–Trinajstić information content (AvgIpc) is 3.20. The van der Waals surface area contributed by atoms with E-state index in [1.807, 2.05) is 12.1 Å². The number of piperidine rings is 1. The van der Waals surface area contributed by atoms with Crippen LogP contribution in [0, 0.1) is 5.82 Å². The number of carbonyl (C=O) groups is 3. The second-order valence-electron chi connectivity index (χ2n) is 9.66. The van der Waals surface area contributed by atoms with E-state index in [4.69, 9.17) is 0 Å². The lowest BCUT2D eigenvalue weighted by molar-refractivity contribution is -0.136. The zero-order valence-corrected chi connectivity index (χ0v) is 21.4. The van der Waals surface area contributed by atoms with Crippen molar-refractivity contribution in [3.05, 3.63) is 58.9 Å². The van der Waals surface area contributed by atoms with E-state index in [1.165, 1.54) is 17.0 Å². The van der Waals surface area contributed by atoms with Gasteiger partial charge in [-0.25, -0.2) is 12.8 Å². The molecule has 1 N–H and O–H groups in total. The van der Waals surface area contributed by atoms with Gasteiger partial charge in [0.15, 0.2) is 9.84 Å². The third-order valence-electron chi connectivity index (χ3n) is 7.38. The number of anilines is 1. The van der Waals surface area contributed by atoms with Crippen molar-refractivity contribution in [2.24, 2.45) is 0 Å². The minimum absolute atomic E-state index is 0.0645. The lowest BCUT2D eigenvalue weighted by atomic mass is 10.0. The molecule has 9 nitrogen and oxygen atoms in total. The van der Waals surface area contributed by atoms with Crippen LogP contribution in [-0.2, 0) is 32.5 Å². The van der Waals surface area contributed by atoms with Crippen molar-refractivity contribution in [3.8, 4) is 0 Å². The molecule has 5 rings (SSSR count). The van der Waals surface area contributed by atoms with E-state index in [1.54, 1.807) is 19.1 Å². The number of rotatable bonds is 6. The Labute approximate surface area is 215 Å². The van der Waals surface area contributed by atoms with Crippen molar-refractivity contribution in [1.82, 2.24) is 15.1 Å². The van der Waals surface area contributed by atoms with Gasteiger partial charge in [-0.2, -0.15) is 0 Å². The molecule has 0 aliphatic carbocycles. The highest BCUT2D eigenvalue weighted by molar-refractivity contribution is 7.91. The molecular formula is C26H29FN4O5S. The zero-order valence-electron chi connectivity index (χ0n) is 20.6. The average molecular weight is 529 g/mol. The summed E-state index contributed by atoms with van der Waals surface area (Å²) in [6, 6.07) is 8.89. The second kappa shape index (κ2) is 9.86. The number of sulfone groups is 1. The summed E-state index contributed by atoms with van der Waals surface area (Å²) in [7, 11) is -3.23. The van der Waals surface area contributed by atoms with Gasteiger partial charge < -0.3 is 9.80 Å². The topological polar surface area (TPSA) is 107 Å². The maximum Gasteiger partial charge on any atom is 0.255 e. The monoisotopic (exact) mass is 528 g/mol. The summed E-state index contributed by atoms with van der Waals surface area (Å²) in [4.78, 5) is 43.1. The Morgan fingerprint density at radius 2 is 1.73 bits per heavy atom. The van der Waals surface area contributed by atoms with Gasteiger partial charge in [0.1, 0.15) is 11.9 Å². The first kappa shape index (κ1) is 25.3. The third-order valence-corrected chi connectivity index (χ3v) is 9.13. The fraction of sp³-hybridized carbons (Fsp3) is 0.423. The molecule has 2 aromatic rings. The highest BCUT2D eigenvalue weighted by Gasteiger charge is 2.41. The van der Waals surface area contributed by atoms with Gasteiger partial charge in [-0.3, -0.25) is 24.6 Å². The SMILES string of the molecule is CCS(=O)(=O)c1ccc(CN2CCN(c3cc(F)cc4c3CN(C3CCC(=O)NC3=O)C4=O)CC2)cc1. The molecule has 1 unspecified atom stereocenters. The number of hydrogen-bond donors (Lipinski definition) is 1. The van der Waals surface area contributed by atoms with Crippen LogP contribution >= 0.6 is 0 Å². The van der Waals surface area contributed by atoms with Gasteiger partial charge in [0.2, 0.25) is 11.8 Å². The summed E-state index contributed by atoms with van der Waals surface area (Å²) < 4.78 is 38.7. The molecule has 1 atom stereocenters. The first-order valence-corrected chi connectivity index (χ1v) is 14.1. The van der Waals surface area contributed by atoms with E-state index in [9.17, 15) is 27.2 Å². The summed E-state index contributed by atoms with van der Waals surface area (Å²) >= 11 is 0. The van der Waals surface area contributed by atoms with Gasteiger partial charge in [-0.15, -0.1) is 0 Å². The minimum atomic E-state index is -3.23. The number of benzene rings is 2. The summed E-state index contributed by atoms with van der Waals surface area (Å²) in [5.74, 6) is -1.67. The fourth-order valence-electron chi connectivity index (χ4n) is 5.26. The summed E-state index contributed by atoms with van der Waals surface area (Å²) in [5.41, 5.74) is 2.65. The molecular weight excluding hydrogens is 499 g/mol. The second-order valence-corrected chi connectivity index (χ2v) is 11.9. The van der Waals surface area contributed by atoms with E-state index in [2.05, 4.69) is 15.1 Å². The largest absolute Gasteiger partial charge is 0.369 e. The van der Waals surface area contributed by atoms with Gasteiger partial charge in [-0.05, 0) is 36.2 Å². The van der Waals surface area contributed by atoms with Crippen molar-refractivity contribution in [1.29, 1.82) is 0 Å². The number of amides is 3. The number of hydrogen-bond acceptors (Lipinski definition) is 7. The van der Waals surface area contributed by atoms with Crippen LogP contribution in [0.15, 0.2) is 41.3 Å². The number of fused-ring (bicyclic) bond motifs is 1. The number of piperazine rings is 1. The van der Waals surface area contributed by atoms with Crippen molar-refractivity contribution >= 4 is 33.2 Å². The molecule has 2 fully saturated rings. The first-order chi connectivity index (χ1) is 17.7. The van der Waals surface area contributed by atoms with Crippen molar-refractivity contribution < 1.29 is 27.2 Å². The van der Waals surface area contributed by atoms with Gasteiger partial charge >= 0.3 is 0 Å². The summed E-state index contributed by atoms with van der Waals surface area (Å²) in [5, 5.41) is 2.29. The molecule has 3 aliphatic heterocycles. The Kier molecular flexibility index (Phi) is 6.76. The Bertz CT molecular complexity index is 1350.